The van der Waals surface area contributed by atoms with Crippen LogP contribution in [0.25, 0.3) is 0 Å². The van der Waals surface area contributed by atoms with Gasteiger partial charge in [0.05, 0.1) is 6.10 Å². The van der Waals surface area contributed by atoms with Crippen molar-refractivity contribution in [2.24, 2.45) is 28.6 Å². The van der Waals surface area contributed by atoms with Crippen molar-refractivity contribution >= 4 is 11.6 Å². The number of aliphatic hydroxyl groups is 3. The lowest BCUT2D eigenvalue weighted by molar-refractivity contribution is -0.201. The van der Waals surface area contributed by atoms with Crippen molar-refractivity contribution in [3.05, 3.63) is 23.8 Å². The monoisotopic (exact) mass is 408 g/mol. The fourth-order valence-electron chi connectivity index (χ4n) is 6.32. The van der Waals surface area contributed by atoms with E-state index in [1.54, 1.807) is 13.0 Å². The molecule has 0 amide bonds. The van der Waals surface area contributed by atoms with Gasteiger partial charge in [0.1, 0.15) is 6.61 Å². The molecule has 0 heterocycles. The molecule has 3 aliphatic carbocycles. The first-order valence-electron chi connectivity index (χ1n) is 10.6. The zero-order valence-electron chi connectivity index (χ0n) is 17.5. The maximum atomic E-state index is 17.0. The molecular formula is C23H33FO5. The minimum atomic E-state index is -1.96. The highest BCUT2D eigenvalue weighted by Crippen LogP contribution is 2.65. The summed E-state index contributed by atoms with van der Waals surface area (Å²) >= 11 is 0. The first-order chi connectivity index (χ1) is 13.5. The lowest BCUT2D eigenvalue weighted by Gasteiger charge is -2.63. The molecule has 0 radical (unpaired) electrons. The third kappa shape index (κ3) is 3.43. The number of carbonyl (C=O) groups excluding carboxylic acids is 2. The molecule has 5 nitrogen and oxygen atoms in total. The Hall–Kier alpha value is -1.37. The summed E-state index contributed by atoms with van der Waals surface area (Å²) in [6, 6.07) is 0. The highest BCUT2D eigenvalue weighted by atomic mass is 19.1. The van der Waals surface area contributed by atoms with Gasteiger partial charge in [-0.1, -0.05) is 25.5 Å². The lowest BCUT2D eigenvalue weighted by Crippen LogP contribution is -2.67. The minimum absolute atomic E-state index is 0.0358. The summed E-state index contributed by atoms with van der Waals surface area (Å²) in [6.45, 7) is 4.94. The normalized spacial score (nSPS) is 42.7. The van der Waals surface area contributed by atoms with E-state index in [-0.39, 0.29) is 42.9 Å². The van der Waals surface area contributed by atoms with Crippen molar-refractivity contribution in [3.63, 3.8) is 0 Å². The topological polar surface area (TPSA) is 94.8 Å². The molecule has 7 atom stereocenters. The molecule has 0 aromatic rings. The van der Waals surface area contributed by atoms with E-state index < -0.39 is 35.1 Å². The Balaban J connectivity index is 2.08. The molecule has 2 fully saturated rings. The molecule has 2 saturated carbocycles. The van der Waals surface area contributed by atoms with Gasteiger partial charge in [0.2, 0.25) is 0 Å². The number of hydrogen-bond donors (Lipinski definition) is 3. The van der Waals surface area contributed by atoms with Gasteiger partial charge in [-0.25, -0.2) is 4.39 Å². The Morgan fingerprint density at radius 1 is 1.34 bits per heavy atom. The van der Waals surface area contributed by atoms with E-state index in [2.05, 4.69) is 0 Å². The van der Waals surface area contributed by atoms with E-state index in [9.17, 15) is 24.9 Å². The number of halogens is 1. The largest absolute Gasteiger partial charge is 0.396 e. The Bertz CT molecular complexity index is 746. The van der Waals surface area contributed by atoms with Gasteiger partial charge in [-0.2, -0.15) is 0 Å². The van der Waals surface area contributed by atoms with Crippen LogP contribution < -0.4 is 0 Å². The van der Waals surface area contributed by atoms with Gasteiger partial charge in [-0.05, 0) is 62.0 Å². The number of aliphatic hydroxyl groups excluding tert-OH is 3. The van der Waals surface area contributed by atoms with Gasteiger partial charge < -0.3 is 15.3 Å². The van der Waals surface area contributed by atoms with Crippen LogP contribution in [0.5, 0.6) is 0 Å². The average molecular weight is 409 g/mol. The number of carbonyl (C=O) groups is 2. The molecule has 0 aromatic carbocycles. The average Bonchev–Trinajstić information content (AvgIpc) is 2.67. The number of fused-ring (bicyclic) bond motifs is 3. The van der Waals surface area contributed by atoms with E-state index in [0.717, 1.165) is 0 Å². The number of ketones is 2. The predicted octanol–water partition coefficient (Wildman–Crippen LogP) is 2.53. The van der Waals surface area contributed by atoms with E-state index in [1.807, 2.05) is 13.8 Å². The summed E-state index contributed by atoms with van der Waals surface area (Å²) < 4.78 is 17.0. The molecule has 29 heavy (non-hydrogen) atoms. The Morgan fingerprint density at radius 3 is 2.66 bits per heavy atom. The zero-order valence-corrected chi connectivity index (χ0v) is 17.5. The molecule has 0 bridgehead atoms. The van der Waals surface area contributed by atoms with Gasteiger partial charge in [0, 0.05) is 24.4 Å². The van der Waals surface area contributed by atoms with Crippen molar-refractivity contribution in [1.29, 1.82) is 0 Å². The summed E-state index contributed by atoms with van der Waals surface area (Å²) in [7, 11) is 0. The molecule has 3 aliphatic rings. The Kier molecular flexibility index (Phi) is 5.93. The second kappa shape index (κ2) is 7.71. The van der Waals surface area contributed by atoms with Crippen molar-refractivity contribution in [1.82, 2.24) is 0 Å². The summed E-state index contributed by atoms with van der Waals surface area (Å²) in [4.78, 5) is 24.0. The number of alkyl halides is 1. The summed E-state index contributed by atoms with van der Waals surface area (Å²) in [5.41, 5.74) is -3.00. The summed E-state index contributed by atoms with van der Waals surface area (Å²) in [5.74, 6) is -1.31. The van der Waals surface area contributed by atoms with Crippen molar-refractivity contribution < 1.29 is 29.3 Å². The number of rotatable bonds is 6. The molecule has 3 rings (SSSR count). The minimum Gasteiger partial charge on any atom is -0.396 e. The number of Topliss-reactive ketones (excluding diaryl/α,β-unsaturated/α-hetero) is 1. The molecule has 5 unspecified atom stereocenters. The summed E-state index contributed by atoms with van der Waals surface area (Å²) in [6.07, 6.45) is 4.93. The van der Waals surface area contributed by atoms with Crippen molar-refractivity contribution in [3.8, 4) is 0 Å². The molecule has 162 valence electrons. The van der Waals surface area contributed by atoms with Gasteiger partial charge in [0.15, 0.2) is 17.2 Å². The van der Waals surface area contributed by atoms with E-state index in [0.29, 0.717) is 24.8 Å². The summed E-state index contributed by atoms with van der Waals surface area (Å²) in [5, 5.41) is 30.0. The van der Waals surface area contributed by atoms with Gasteiger partial charge in [-0.3, -0.25) is 9.59 Å². The van der Waals surface area contributed by atoms with Crippen LogP contribution in [0.1, 0.15) is 52.9 Å². The smallest absolute Gasteiger partial charge is 0.178 e. The molecule has 6 heteroatoms. The fourth-order valence-corrected chi connectivity index (χ4v) is 6.32. The van der Waals surface area contributed by atoms with Gasteiger partial charge in [0.25, 0.3) is 0 Å². The Labute approximate surface area is 171 Å². The molecule has 0 aromatic heterocycles. The molecular weight excluding hydrogens is 375 g/mol. The first-order valence-corrected chi connectivity index (χ1v) is 10.6. The van der Waals surface area contributed by atoms with E-state index in [1.165, 1.54) is 12.2 Å². The third-order valence-corrected chi connectivity index (χ3v) is 7.90. The zero-order chi connectivity index (χ0) is 21.6. The number of allylic oxidation sites excluding steroid dienone is 4. The van der Waals surface area contributed by atoms with Crippen LogP contribution >= 0.6 is 0 Å². The maximum absolute atomic E-state index is 17.0. The molecule has 3 N–H and O–H groups in total. The first kappa shape index (κ1) is 22.3. The van der Waals surface area contributed by atoms with Crippen LogP contribution in [0.2, 0.25) is 0 Å². The SMILES string of the molecule is C[C@@H](CO)CC1C2CCC3=CC(=O)C=CC3(C)[C@@]2(F)C(O)CC1(C)CC(=O)CO. The standard InChI is InChI=1S/C23H33FO5/c1-14(12-25)8-19-18-5-4-15-9-16(27)6-7-22(15,3)23(18,24)20(29)11-21(19,2)10-17(28)13-26/h6-7,9,14,18-20,25-26,29H,4-5,8,10-13H2,1-3H3/t14-,18?,19?,20?,21?,22?,23+/m1/s1. The third-order valence-electron chi connectivity index (χ3n) is 7.90. The van der Waals surface area contributed by atoms with Crippen LogP contribution in [-0.2, 0) is 9.59 Å². The lowest BCUT2D eigenvalue weighted by atomic mass is 9.44. The van der Waals surface area contributed by atoms with Gasteiger partial charge in [-0.15, -0.1) is 0 Å². The molecule has 0 aliphatic heterocycles. The van der Waals surface area contributed by atoms with Gasteiger partial charge >= 0.3 is 0 Å². The quantitative estimate of drug-likeness (QED) is 0.628. The van der Waals surface area contributed by atoms with Crippen LogP contribution in [0.3, 0.4) is 0 Å². The van der Waals surface area contributed by atoms with Crippen LogP contribution in [0.4, 0.5) is 4.39 Å². The van der Waals surface area contributed by atoms with E-state index >= 15 is 4.39 Å². The van der Waals surface area contributed by atoms with Crippen LogP contribution in [-0.4, -0.2) is 51.9 Å². The second-order valence-corrected chi connectivity index (χ2v) is 9.90. The highest BCUT2D eigenvalue weighted by Gasteiger charge is 2.68. The maximum Gasteiger partial charge on any atom is 0.178 e. The molecule has 0 saturated heterocycles. The van der Waals surface area contributed by atoms with Crippen molar-refractivity contribution in [2.75, 3.05) is 13.2 Å². The van der Waals surface area contributed by atoms with Crippen molar-refractivity contribution in [2.45, 2.75) is 64.6 Å². The van der Waals surface area contributed by atoms with E-state index in [4.69, 9.17) is 0 Å². The molecule has 0 spiro atoms. The van der Waals surface area contributed by atoms with Crippen LogP contribution in [0, 0.1) is 28.6 Å². The Morgan fingerprint density at radius 2 is 2.03 bits per heavy atom. The highest BCUT2D eigenvalue weighted by molar-refractivity contribution is 6.01. The predicted molar refractivity (Wildman–Crippen MR) is 107 cm³/mol. The fraction of sp³-hybridized carbons (Fsp3) is 0.739. The van der Waals surface area contributed by atoms with Crippen LogP contribution in [0.15, 0.2) is 23.8 Å². The second-order valence-electron chi connectivity index (χ2n) is 9.90. The number of hydrogen-bond acceptors (Lipinski definition) is 5.